The summed E-state index contributed by atoms with van der Waals surface area (Å²) in [6, 6.07) is 7.54. The van der Waals surface area contributed by atoms with Crippen molar-refractivity contribution in [1.29, 1.82) is 0 Å². The molecule has 2 N–H and O–H groups in total. The van der Waals surface area contributed by atoms with Gasteiger partial charge in [0.1, 0.15) is 23.7 Å². The van der Waals surface area contributed by atoms with Gasteiger partial charge in [-0.2, -0.15) is 0 Å². The Morgan fingerprint density at radius 1 is 1.17 bits per heavy atom. The number of imidazole rings is 1. The topological polar surface area (TPSA) is 94.7 Å². The fraction of sp³-hybridized carbons (Fsp3) is 0.381. The second-order valence-corrected chi connectivity index (χ2v) is 7.58. The summed E-state index contributed by atoms with van der Waals surface area (Å²) >= 11 is 0. The van der Waals surface area contributed by atoms with Crippen LogP contribution in [0.25, 0.3) is 28.1 Å². The van der Waals surface area contributed by atoms with Crippen molar-refractivity contribution in [2.75, 3.05) is 24.6 Å². The molecule has 5 rings (SSSR count). The van der Waals surface area contributed by atoms with Gasteiger partial charge in [-0.05, 0) is 44.4 Å². The molecule has 0 amide bonds. The number of nitrogens with two attached hydrogens (primary N) is 1. The number of anilines is 1. The van der Waals surface area contributed by atoms with Crippen molar-refractivity contribution in [3.63, 3.8) is 0 Å². The molecule has 1 aliphatic heterocycles. The summed E-state index contributed by atoms with van der Waals surface area (Å²) in [4.78, 5) is 11.4. The predicted molar refractivity (Wildman–Crippen MR) is 111 cm³/mol. The molecule has 1 fully saturated rings. The molecule has 0 saturated carbocycles. The standard InChI is InChI=1S/C21H24N6O2/c1-14(22)13-28-20-6-5-19-24-12-16(27(19)25-20)18-11-15-17(29-18)7-8-23-21(15)26-9-3-2-4-10-26/h5-8,11-12,14H,2-4,9-10,13,22H2,1H3. The Bertz CT molecular complexity index is 1140. The molecule has 8 heteroatoms. The SMILES string of the molecule is CC(N)COc1ccc2ncc(-c3cc4c(N5CCCCC5)nccc4o3)n2n1. The van der Waals surface area contributed by atoms with Gasteiger partial charge in [0.2, 0.25) is 5.88 Å². The van der Waals surface area contributed by atoms with Gasteiger partial charge in [-0.1, -0.05) is 0 Å². The highest BCUT2D eigenvalue weighted by atomic mass is 16.5. The van der Waals surface area contributed by atoms with E-state index in [1.165, 1.54) is 19.3 Å². The molecule has 0 bridgehead atoms. The normalized spacial score (nSPS) is 15.9. The van der Waals surface area contributed by atoms with E-state index in [4.69, 9.17) is 14.9 Å². The van der Waals surface area contributed by atoms with Crippen molar-refractivity contribution in [3.05, 3.63) is 36.7 Å². The fourth-order valence-electron chi connectivity index (χ4n) is 3.75. The number of hydrogen-bond acceptors (Lipinski definition) is 7. The van der Waals surface area contributed by atoms with Crippen molar-refractivity contribution in [3.8, 4) is 17.3 Å². The lowest BCUT2D eigenvalue weighted by atomic mass is 10.1. The number of ether oxygens (including phenoxy) is 1. The van der Waals surface area contributed by atoms with Gasteiger partial charge in [0, 0.05) is 31.4 Å². The van der Waals surface area contributed by atoms with Crippen LogP contribution in [0.3, 0.4) is 0 Å². The molecule has 1 unspecified atom stereocenters. The molecule has 0 spiro atoms. The second-order valence-electron chi connectivity index (χ2n) is 7.58. The number of furan rings is 1. The first kappa shape index (κ1) is 17.9. The lowest BCUT2D eigenvalue weighted by molar-refractivity contribution is 0.281. The third-order valence-electron chi connectivity index (χ3n) is 5.16. The van der Waals surface area contributed by atoms with Gasteiger partial charge in [-0.25, -0.2) is 14.5 Å². The number of piperidine rings is 1. The van der Waals surface area contributed by atoms with E-state index in [1.54, 1.807) is 16.8 Å². The zero-order valence-corrected chi connectivity index (χ0v) is 16.4. The largest absolute Gasteiger partial charge is 0.475 e. The maximum absolute atomic E-state index is 6.16. The van der Waals surface area contributed by atoms with Crippen LogP contribution in [0.5, 0.6) is 5.88 Å². The van der Waals surface area contributed by atoms with Crippen LogP contribution in [-0.4, -0.2) is 45.3 Å². The minimum absolute atomic E-state index is 0.0640. The third-order valence-corrected chi connectivity index (χ3v) is 5.16. The molecule has 0 radical (unpaired) electrons. The summed E-state index contributed by atoms with van der Waals surface area (Å²) in [7, 11) is 0. The number of rotatable bonds is 5. The van der Waals surface area contributed by atoms with Crippen molar-refractivity contribution >= 4 is 22.4 Å². The maximum Gasteiger partial charge on any atom is 0.231 e. The Labute approximate surface area is 168 Å². The van der Waals surface area contributed by atoms with E-state index >= 15 is 0 Å². The number of aromatic nitrogens is 4. The lowest BCUT2D eigenvalue weighted by Crippen LogP contribution is -2.30. The van der Waals surface area contributed by atoms with Gasteiger partial charge in [-0.3, -0.25) is 0 Å². The van der Waals surface area contributed by atoms with Crippen LogP contribution in [0.2, 0.25) is 0 Å². The molecular formula is C21H24N6O2. The maximum atomic E-state index is 6.16. The molecule has 1 atom stereocenters. The van der Waals surface area contributed by atoms with Crippen molar-refractivity contribution in [2.24, 2.45) is 5.73 Å². The highest BCUT2D eigenvalue weighted by Gasteiger charge is 2.19. The fourth-order valence-corrected chi connectivity index (χ4v) is 3.75. The van der Waals surface area contributed by atoms with E-state index in [0.29, 0.717) is 18.2 Å². The highest BCUT2D eigenvalue weighted by Crippen LogP contribution is 2.33. The third kappa shape index (κ3) is 3.40. The summed E-state index contributed by atoms with van der Waals surface area (Å²) in [5, 5.41) is 5.57. The summed E-state index contributed by atoms with van der Waals surface area (Å²) in [6.07, 6.45) is 7.26. The number of fused-ring (bicyclic) bond motifs is 2. The van der Waals surface area contributed by atoms with Gasteiger partial charge in [0.25, 0.3) is 0 Å². The Morgan fingerprint density at radius 2 is 2.03 bits per heavy atom. The minimum atomic E-state index is -0.0640. The van der Waals surface area contributed by atoms with E-state index < -0.39 is 0 Å². The molecule has 1 aliphatic rings. The molecule has 1 saturated heterocycles. The van der Waals surface area contributed by atoms with Crippen LogP contribution >= 0.6 is 0 Å². The van der Waals surface area contributed by atoms with Crippen LogP contribution in [0.1, 0.15) is 26.2 Å². The molecule has 5 heterocycles. The van der Waals surface area contributed by atoms with E-state index in [0.717, 1.165) is 41.2 Å². The molecule has 150 valence electrons. The zero-order chi connectivity index (χ0) is 19.8. The summed E-state index contributed by atoms with van der Waals surface area (Å²) in [5.41, 5.74) is 8.09. The van der Waals surface area contributed by atoms with Crippen LogP contribution < -0.4 is 15.4 Å². The smallest absolute Gasteiger partial charge is 0.231 e. The number of pyridine rings is 1. The average Bonchev–Trinajstić information content (AvgIpc) is 3.36. The van der Waals surface area contributed by atoms with E-state index in [1.807, 2.05) is 31.3 Å². The zero-order valence-electron chi connectivity index (χ0n) is 16.4. The van der Waals surface area contributed by atoms with E-state index in [9.17, 15) is 0 Å². The van der Waals surface area contributed by atoms with Crippen molar-refractivity contribution in [2.45, 2.75) is 32.2 Å². The first-order chi connectivity index (χ1) is 14.2. The molecule has 29 heavy (non-hydrogen) atoms. The summed E-state index contributed by atoms with van der Waals surface area (Å²) in [5.74, 6) is 2.19. The van der Waals surface area contributed by atoms with Crippen LogP contribution in [0.4, 0.5) is 5.82 Å². The first-order valence-electron chi connectivity index (χ1n) is 10.1. The minimum Gasteiger partial charge on any atom is -0.475 e. The Kier molecular flexibility index (Phi) is 4.55. The van der Waals surface area contributed by atoms with E-state index in [-0.39, 0.29) is 6.04 Å². The first-order valence-corrected chi connectivity index (χ1v) is 10.1. The average molecular weight is 392 g/mol. The number of hydrogen-bond donors (Lipinski definition) is 1. The van der Waals surface area contributed by atoms with Gasteiger partial charge < -0.3 is 19.8 Å². The molecule has 4 aromatic heterocycles. The van der Waals surface area contributed by atoms with Gasteiger partial charge in [0.05, 0.1) is 11.6 Å². The van der Waals surface area contributed by atoms with E-state index in [2.05, 4.69) is 20.0 Å². The summed E-state index contributed by atoms with van der Waals surface area (Å²) < 4.78 is 13.6. The Balaban J connectivity index is 1.55. The molecule has 0 aliphatic carbocycles. The molecular weight excluding hydrogens is 368 g/mol. The quantitative estimate of drug-likeness (QED) is 0.557. The van der Waals surface area contributed by atoms with Gasteiger partial charge in [-0.15, -0.1) is 5.10 Å². The lowest BCUT2D eigenvalue weighted by Gasteiger charge is -2.27. The Hall–Kier alpha value is -3.13. The van der Waals surface area contributed by atoms with Crippen LogP contribution in [0.15, 0.2) is 41.1 Å². The van der Waals surface area contributed by atoms with Crippen molar-refractivity contribution < 1.29 is 9.15 Å². The summed E-state index contributed by atoms with van der Waals surface area (Å²) in [6.45, 7) is 4.36. The van der Waals surface area contributed by atoms with Crippen LogP contribution in [-0.2, 0) is 0 Å². The molecule has 0 aromatic carbocycles. The number of nitrogens with zero attached hydrogens (tertiary/aromatic N) is 5. The van der Waals surface area contributed by atoms with Gasteiger partial charge >= 0.3 is 0 Å². The van der Waals surface area contributed by atoms with Gasteiger partial charge in [0.15, 0.2) is 11.4 Å². The van der Waals surface area contributed by atoms with Crippen molar-refractivity contribution in [1.82, 2.24) is 19.6 Å². The predicted octanol–water partition coefficient (Wildman–Crippen LogP) is 3.25. The highest BCUT2D eigenvalue weighted by molar-refractivity contribution is 5.91. The second kappa shape index (κ2) is 7.36. The molecule has 4 aromatic rings. The molecule has 8 nitrogen and oxygen atoms in total. The van der Waals surface area contributed by atoms with Crippen LogP contribution in [0, 0.1) is 0 Å². The Morgan fingerprint density at radius 3 is 2.86 bits per heavy atom. The monoisotopic (exact) mass is 392 g/mol.